The summed E-state index contributed by atoms with van der Waals surface area (Å²) in [6.45, 7) is 8.87. The number of rotatable bonds is 6. The van der Waals surface area contributed by atoms with Crippen molar-refractivity contribution in [2.75, 3.05) is 18.0 Å². The topological polar surface area (TPSA) is 41.1 Å². The fourth-order valence-corrected chi connectivity index (χ4v) is 2.10. The maximum atomic E-state index is 4.53. The van der Waals surface area contributed by atoms with Crippen molar-refractivity contribution in [2.45, 2.75) is 27.3 Å². The van der Waals surface area contributed by atoms with Gasteiger partial charge < -0.3 is 10.2 Å². The third kappa shape index (κ3) is 3.54. The van der Waals surface area contributed by atoms with E-state index < -0.39 is 0 Å². The summed E-state index contributed by atoms with van der Waals surface area (Å²) in [5, 5.41) is 3.25. The Bertz CT molecular complexity index is 536. The first-order valence-corrected chi connectivity index (χ1v) is 7.10. The summed E-state index contributed by atoms with van der Waals surface area (Å²) in [5.41, 5.74) is 3.37. The Morgan fingerprint density at radius 3 is 2.60 bits per heavy atom. The van der Waals surface area contributed by atoms with Crippen LogP contribution in [0.1, 0.15) is 25.1 Å². The lowest BCUT2D eigenvalue weighted by molar-refractivity contribution is 0.706. The molecule has 2 aromatic rings. The molecular formula is C16H22N4. The van der Waals surface area contributed by atoms with E-state index in [4.69, 9.17) is 0 Å². The molecule has 20 heavy (non-hydrogen) atoms. The van der Waals surface area contributed by atoms with E-state index in [9.17, 15) is 0 Å². The molecule has 106 valence electrons. The lowest BCUT2D eigenvalue weighted by atomic mass is 10.2. The van der Waals surface area contributed by atoms with E-state index in [1.165, 1.54) is 5.56 Å². The van der Waals surface area contributed by atoms with E-state index in [0.29, 0.717) is 0 Å². The van der Waals surface area contributed by atoms with Crippen molar-refractivity contribution >= 4 is 11.5 Å². The molecule has 0 radical (unpaired) electrons. The minimum atomic E-state index is 0.764. The molecule has 0 aliphatic carbocycles. The molecule has 1 aromatic carbocycles. The zero-order valence-electron chi connectivity index (χ0n) is 12.4. The summed E-state index contributed by atoms with van der Waals surface area (Å²) < 4.78 is 0. The van der Waals surface area contributed by atoms with Crippen LogP contribution in [0.4, 0.5) is 11.5 Å². The molecule has 0 saturated carbocycles. The SMILES string of the molecule is CCNCc1cnc(N(CC)c2cccc(C)c2)cn1. The third-order valence-electron chi connectivity index (χ3n) is 3.15. The van der Waals surface area contributed by atoms with Crippen LogP contribution in [0.25, 0.3) is 0 Å². The lowest BCUT2D eigenvalue weighted by Crippen LogP contribution is -2.18. The second kappa shape index (κ2) is 7.01. The quantitative estimate of drug-likeness (QED) is 0.876. The molecule has 0 atom stereocenters. The third-order valence-corrected chi connectivity index (χ3v) is 3.15. The average molecular weight is 270 g/mol. The predicted octanol–water partition coefficient (Wildman–Crippen LogP) is 3.05. The van der Waals surface area contributed by atoms with Crippen LogP contribution in [-0.4, -0.2) is 23.1 Å². The van der Waals surface area contributed by atoms with Crippen LogP contribution in [0.3, 0.4) is 0 Å². The van der Waals surface area contributed by atoms with Crippen LogP contribution in [-0.2, 0) is 6.54 Å². The molecule has 0 aliphatic heterocycles. The predicted molar refractivity (Wildman–Crippen MR) is 83.3 cm³/mol. The minimum Gasteiger partial charge on any atom is -0.325 e. The van der Waals surface area contributed by atoms with E-state index in [1.807, 2.05) is 12.4 Å². The Morgan fingerprint density at radius 1 is 1.15 bits per heavy atom. The summed E-state index contributed by atoms with van der Waals surface area (Å²) in [7, 11) is 0. The van der Waals surface area contributed by atoms with Crippen LogP contribution in [0, 0.1) is 6.92 Å². The summed E-state index contributed by atoms with van der Waals surface area (Å²) in [6, 6.07) is 8.44. The summed E-state index contributed by atoms with van der Waals surface area (Å²) in [6.07, 6.45) is 3.69. The van der Waals surface area contributed by atoms with Gasteiger partial charge in [-0.25, -0.2) is 4.98 Å². The van der Waals surface area contributed by atoms with Crippen LogP contribution < -0.4 is 10.2 Å². The Kier molecular flexibility index (Phi) is 5.07. The first kappa shape index (κ1) is 14.5. The molecule has 4 nitrogen and oxygen atoms in total. The van der Waals surface area contributed by atoms with Crippen molar-refractivity contribution < 1.29 is 0 Å². The number of hydrogen-bond donors (Lipinski definition) is 1. The highest BCUT2D eigenvalue weighted by atomic mass is 15.2. The van der Waals surface area contributed by atoms with Gasteiger partial charge in [-0.05, 0) is 38.1 Å². The highest BCUT2D eigenvalue weighted by Gasteiger charge is 2.09. The molecule has 4 heteroatoms. The average Bonchev–Trinajstić information content (AvgIpc) is 2.47. The highest BCUT2D eigenvalue weighted by molar-refractivity contribution is 5.59. The van der Waals surface area contributed by atoms with Crippen molar-refractivity contribution in [3.8, 4) is 0 Å². The fraction of sp³-hybridized carbons (Fsp3) is 0.375. The molecule has 0 saturated heterocycles. The number of nitrogens with one attached hydrogen (secondary N) is 1. The molecule has 1 N–H and O–H groups in total. The smallest absolute Gasteiger partial charge is 0.151 e. The summed E-state index contributed by atoms with van der Waals surface area (Å²) in [4.78, 5) is 11.2. The summed E-state index contributed by atoms with van der Waals surface area (Å²) >= 11 is 0. The molecule has 0 fully saturated rings. The Morgan fingerprint density at radius 2 is 2.00 bits per heavy atom. The normalized spacial score (nSPS) is 10.6. The maximum Gasteiger partial charge on any atom is 0.151 e. The largest absolute Gasteiger partial charge is 0.325 e. The Balaban J connectivity index is 2.19. The molecule has 0 spiro atoms. The van der Waals surface area contributed by atoms with Gasteiger partial charge in [0.1, 0.15) is 0 Å². The molecule has 0 amide bonds. The number of benzene rings is 1. The second-order valence-corrected chi connectivity index (χ2v) is 4.73. The number of nitrogens with zero attached hydrogens (tertiary/aromatic N) is 3. The fourth-order valence-electron chi connectivity index (χ4n) is 2.10. The molecular weight excluding hydrogens is 248 g/mol. The van der Waals surface area contributed by atoms with Gasteiger partial charge in [0.05, 0.1) is 18.1 Å². The van der Waals surface area contributed by atoms with Crippen LogP contribution in [0.5, 0.6) is 0 Å². The summed E-state index contributed by atoms with van der Waals surface area (Å²) in [5.74, 6) is 0.887. The van der Waals surface area contributed by atoms with Gasteiger partial charge in [-0.3, -0.25) is 4.98 Å². The number of aryl methyl sites for hydroxylation is 1. The zero-order valence-corrected chi connectivity index (χ0v) is 12.4. The Hall–Kier alpha value is -1.94. The van der Waals surface area contributed by atoms with Gasteiger partial charge in [0, 0.05) is 18.8 Å². The van der Waals surface area contributed by atoms with Gasteiger partial charge in [-0.15, -0.1) is 0 Å². The number of anilines is 2. The van der Waals surface area contributed by atoms with Gasteiger partial charge in [-0.2, -0.15) is 0 Å². The number of hydrogen-bond acceptors (Lipinski definition) is 4. The monoisotopic (exact) mass is 270 g/mol. The van der Waals surface area contributed by atoms with Crippen molar-refractivity contribution in [1.82, 2.24) is 15.3 Å². The first-order chi connectivity index (χ1) is 9.74. The highest BCUT2D eigenvalue weighted by Crippen LogP contribution is 2.23. The van der Waals surface area contributed by atoms with Gasteiger partial charge in [0.15, 0.2) is 5.82 Å². The standard InChI is InChI=1S/C16H22N4/c1-4-17-10-14-11-19-16(12-18-14)20(5-2)15-8-6-7-13(3)9-15/h6-9,11-12,17H,4-5,10H2,1-3H3. The van der Waals surface area contributed by atoms with Crippen molar-refractivity contribution in [1.29, 1.82) is 0 Å². The van der Waals surface area contributed by atoms with Gasteiger partial charge in [0.25, 0.3) is 0 Å². The molecule has 2 rings (SSSR count). The van der Waals surface area contributed by atoms with E-state index in [-0.39, 0.29) is 0 Å². The van der Waals surface area contributed by atoms with Crippen LogP contribution >= 0.6 is 0 Å². The van der Waals surface area contributed by atoms with E-state index in [1.54, 1.807) is 0 Å². The van der Waals surface area contributed by atoms with E-state index in [2.05, 4.69) is 65.2 Å². The minimum absolute atomic E-state index is 0.764. The van der Waals surface area contributed by atoms with E-state index >= 15 is 0 Å². The molecule has 0 unspecified atom stereocenters. The van der Waals surface area contributed by atoms with Gasteiger partial charge in [0.2, 0.25) is 0 Å². The Labute approximate surface area is 120 Å². The molecule has 1 aromatic heterocycles. The van der Waals surface area contributed by atoms with Crippen LogP contribution in [0.15, 0.2) is 36.7 Å². The van der Waals surface area contributed by atoms with Gasteiger partial charge in [-0.1, -0.05) is 19.1 Å². The maximum absolute atomic E-state index is 4.53. The number of aromatic nitrogens is 2. The molecule has 0 bridgehead atoms. The van der Waals surface area contributed by atoms with Crippen molar-refractivity contribution in [2.24, 2.45) is 0 Å². The molecule has 0 aliphatic rings. The second-order valence-electron chi connectivity index (χ2n) is 4.73. The zero-order chi connectivity index (χ0) is 14.4. The van der Waals surface area contributed by atoms with Gasteiger partial charge >= 0.3 is 0 Å². The van der Waals surface area contributed by atoms with Crippen LogP contribution in [0.2, 0.25) is 0 Å². The first-order valence-electron chi connectivity index (χ1n) is 7.10. The molecule has 1 heterocycles. The lowest BCUT2D eigenvalue weighted by Gasteiger charge is -2.22. The van der Waals surface area contributed by atoms with E-state index in [0.717, 1.165) is 36.8 Å². The van der Waals surface area contributed by atoms with Crippen molar-refractivity contribution in [3.05, 3.63) is 47.9 Å². The van der Waals surface area contributed by atoms with Crippen molar-refractivity contribution in [3.63, 3.8) is 0 Å².